The average Bonchev–Trinajstić information content (AvgIpc) is 2.56. The lowest BCUT2D eigenvalue weighted by Gasteiger charge is -2.47. The summed E-state index contributed by atoms with van der Waals surface area (Å²) < 4.78 is 6.46. The van der Waals surface area contributed by atoms with Gasteiger partial charge in [0.1, 0.15) is 11.7 Å². The van der Waals surface area contributed by atoms with Gasteiger partial charge in [0.15, 0.2) is 11.4 Å². The lowest BCUT2D eigenvalue weighted by Crippen LogP contribution is -2.61. The largest absolute Gasteiger partial charge is 0.503 e. The molecule has 24 heavy (non-hydrogen) atoms. The number of carboxylic acids is 1. The van der Waals surface area contributed by atoms with Gasteiger partial charge in [0.25, 0.3) is 5.91 Å². The Bertz CT molecular complexity index is 743. The van der Waals surface area contributed by atoms with Gasteiger partial charge in [-0.1, -0.05) is 0 Å². The molecule has 0 saturated carbocycles. The summed E-state index contributed by atoms with van der Waals surface area (Å²) in [6, 6.07) is 0. The smallest absolute Gasteiger partial charge is 0.341 e. The highest BCUT2D eigenvalue weighted by molar-refractivity contribution is 5.97. The fraction of sp³-hybridized carbons (Fsp3) is 0.533. The number of amides is 1. The summed E-state index contributed by atoms with van der Waals surface area (Å²) in [5.41, 5.74) is -1.72. The number of rotatable bonds is 4. The van der Waals surface area contributed by atoms with E-state index < -0.39 is 28.6 Å². The first-order valence-corrected chi connectivity index (χ1v) is 7.69. The van der Waals surface area contributed by atoms with Gasteiger partial charge in [-0.05, 0) is 6.42 Å². The predicted molar refractivity (Wildman–Crippen MR) is 82.2 cm³/mol. The molecule has 0 radical (unpaired) electrons. The van der Waals surface area contributed by atoms with Crippen molar-refractivity contribution >= 4 is 11.9 Å². The molecule has 2 N–H and O–H groups in total. The molecule has 0 aliphatic carbocycles. The van der Waals surface area contributed by atoms with Gasteiger partial charge >= 0.3 is 5.97 Å². The number of carbonyl (C=O) groups is 2. The number of fused-ring (bicyclic) bond motifs is 2. The molecule has 1 amide bonds. The van der Waals surface area contributed by atoms with E-state index in [1.54, 1.807) is 12.0 Å². The van der Waals surface area contributed by atoms with Gasteiger partial charge in [0.05, 0.1) is 13.2 Å². The van der Waals surface area contributed by atoms with Crippen LogP contribution in [0.1, 0.15) is 27.3 Å². The Kier molecular flexibility index (Phi) is 4.29. The molecule has 0 bridgehead atoms. The maximum absolute atomic E-state index is 12.7. The summed E-state index contributed by atoms with van der Waals surface area (Å²) in [4.78, 5) is 39.6. The van der Waals surface area contributed by atoms with E-state index in [1.165, 1.54) is 4.57 Å². The number of aromatic nitrogens is 1. The van der Waals surface area contributed by atoms with Gasteiger partial charge in [-0.15, -0.1) is 0 Å². The fourth-order valence-electron chi connectivity index (χ4n) is 3.34. The van der Waals surface area contributed by atoms with Crippen molar-refractivity contribution in [2.75, 3.05) is 33.4 Å². The number of carbonyl (C=O) groups excluding carboxylic acids is 1. The Morgan fingerprint density at radius 2 is 2.12 bits per heavy atom. The zero-order chi connectivity index (χ0) is 17.4. The van der Waals surface area contributed by atoms with Crippen LogP contribution in [0, 0.1) is 0 Å². The first-order chi connectivity index (χ1) is 11.5. The summed E-state index contributed by atoms with van der Waals surface area (Å²) >= 11 is 0. The van der Waals surface area contributed by atoms with E-state index in [9.17, 15) is 19.5 Å². The third kappa shape index (κ3) is 2.55. The van der Waals surface area contributed by atoms with Crippen LogP contribution < -0.4 is 5.43 Å². The molecule has 1 atom stereocenters. The summed E-state index contributed by atoms with van der Waals surface area (Å²) in [5, 5.41) is 19.2. The van der Waals surface area contributed by atoms with E-state index in [-0.39, 0.29) is 11.9 Å². The molecule has 3 heterocycles. The average molecular weight is 337 g/mol. The molecule has 1 aromatic heterocycles. The molecule has 1 saturated heterocycles. The van der Waals surface area contributed by atoms with Crippen LogP contribution in [0.4, 0.5) is 0 Å². The van der Waals surface area contributed by atoms with E-state index in [2.05, 4.69) is 4.90 Å². The maximum Gasteiger partial charge on any atom is 0.341 e. The first-order valence-electron chi connectivity index (χ1n) is 7.69. The molecule has 9 heteroatoms. The van der Waals surface area contributed by atoms with Crippen molar-refractivity contribution < 1.29 is 24.5 Å². The van der Waals surface area contributed by atoms with Crippen LogP contribution in [0.3, 0.4) is 0 Å². The summed E-state index contributed by atoms with van der Waals surface area (Å²) in [5.74, 6) is -2.69. The molecule has 0 aromatic carbocycles. The molecule has 1 fully saturated rings. The van der Waals surface area contributed by atoms with E-state index in [4.69, 9.17) is 9.84 Å². The van der Waals surface area contributed by atoms with Crippen molar-refractivity contribution in [2.24, 2.45) is 0 Å². The summed E-state index contributed by atoms with van der Waals surface area (Å²) in [6.45, 7) is 2.77. The molecule has 2 aliphatic rings. The third-order valence-corrected chi connectivity index (χ3v) is 4.52. The predicted octanol–water partition coefficient (Wildman–Crippen LogP) is -0.614. The Labute approximate surface area is 137 Å². The molecular formula is C15H19N3O6. The van der Waals surface area contributed by atoms with Crippen LogP contribution in [-0.2, 0) is 11.3 Å². The number of nitrogens with zero attached hydrogens (tertiary/aromatic N) is 3. The van der Waals surface area contributed by atoms with Crippen LogP contribution in [0.15, 0.2) is 11.0 Å². The number of methoxy groups -OCH3 is 1. The zero-order valence-corrected chi connectivity index (χ0v) is 13.3. The summed E-state index contributed by atoms with van der Waals surface area (Å²) in [6.07, 6.45) is 1.67. The minimum atomic E-state index is -1.43. The standard InChI is InChI=1S/C15H19N3O6/c1-24-6-5-16-3-2-4-18-10(16)8-17-7-9(15(22)23)12(19)13(20)11(17)14(18)21/h7,10,20H,2-6,8H2,1H3,(H,22,23). The normalized spacial score (nSPS) is 20.6. The van der Waals surface area contributed by atoms with E-state index >= 15 is 0 Å². The van der Waals surface area contributed by atoms with Crippen molar-refractivity contribution in [2.45, 2.75) is 19.1 Å². The van der Waals surface area contributed by atoms with Crippen molar-refractivity contribution in [3.05, 3.63) is 27.7 Å². The number of pyridine rings is 1. The number of aromatic carboxylic acids is 1. The van der Waals surface area contributed by atoms with Crippen LogP contribution in [0.25, 0.3) is 0 Å². The van der Waals surface area contributed by atoms with Crippen molar-refractivity contribution in [3.63, 3.8) is 0 Å². The number of ether oxygens (including phenoxy) is 1. The second kappa shape index (κ2) is 6.25. The third-order valence-electron chi connectivity index (χ3n) is 4.52. The van der Waals surface area contributed by atoms with Crippen LogP contribution in [0.5, 0.6) is 5.75 Å². The zero-order valence-electron chi connectivity index (χ0n) is 13.3. The Morgan fingerprint density at radius 1 is 1.38 bits per heavy atom. The number of hydrogen-bond acceptors (Lipinski definition) is 6. The van der Waals surface area contributed by atoms with Gasteiger partial charge < -0.3 is 24.4 Å². The van der Waals surface area contributed by atoms with Crippen molar-refractivity contribution in [1.82, 2.24) is 14.4 Å². The fourth-order valence-corrected chi connectivity index (χ4v) is 3.34. The minimum absolute atomic E-state index is 0.144. The molecule has 9 nitrogen and oxygen atoms in total. The summed E-state index contributed by atoms with van der Waals surface area (Å²) in [7, 11) is 1.60. The van der Waals surface area contributed by atoms with Gasteiger partial charge in [-0.2, -0.15) is 0 Å². The highest BCUT2D eigenvalue weighted by Crippen LogP contribution is 2.27. The van der Waals surface area contributed by atoms with Crippen LogP contribution in [-0.4, -0.2) is 76.0 Å². The first kappa shape index (κ1) is 16.5. The van der Waals surface area contributed by atoms with Crippen LogP contribution in [0.2, 0.25) is 0 Å². The highest BCUT2D eigenvalue weighted by atomic mass is 16.5. The minimum Gasteiger partial charge on any atom is -0.503 e. The second-order valence-electron chi connectivity index (χ2n) is 5.89. The topological polar surface area (TPSA) is 112 Å². The van der Waals surface area contributed by atoms with Gasteiger partial charge in [0.2, 0.25) is 5.43 Å². The Morgan fingerprint density at radius 3 is 2.79 bits per heavy atom. The molecule has 1 aromatic rings. The number of hydrogen-bond donors (Lipinski definition) is 2. The Balaban J connectivity index is 2.04. The van der Waals surface area contributed by atoms with Gasteiger partial charge in [0, 0.05) is 32.9 Å². The molecule has 3 rings (SSSR count). The molecule has 1 unspecified atom stereocenters. The van der Waals surface area contributed by atoms with Gasteiger partial charge in [-0.3, -0.25) is 14.5 Å². The Hall–Kier alpha value is -2.39. The lowest BCUT2D eigenvalue weighted by molar-refractivity contribution is -0.0186. The number of aromatic hydroxyl groups is 1. The molecule has 0 spiro atoms. The lowest BCUT2D eigenvalue weighted by atomic mass is 10.1. The van der Waals surface area contributed by atoms with Crippen LogP contribution >= 0.6 is 0 Å². The van der Waals surface area contributed by atoms with Crippen molar-refractivity contribution in [1.29, 1.82) is 0 Å². The second-order valence-corrected chi connectivity index (χ2v) is 5.89. The quantitative estimate of drug-likeness (QED) is 0.753. The number of carboxylic acid groups (broad SMARTS) is 1. The SMILES string of the molecule is COCCN1CCCN2C(=O)c3c(O)c(=O)c(C(=O)O)cn3CC12. The van der Waals surface area contributed by atoms with E-state index in [1.807, 2.05) is 0 Å². The molecular weight excluding hydrogens is 318 g/mol. The maximum atomic E-state index is 12.7. The monoisotopic (exact) mass is 337 g/mol. The van der Waals surface area contributed by atoms with Crippen molar-refractivity contribution in [3.8, 4) is 5.75 Å². The molecule has 130 valence electrons. The molecule has 2 aliphatic heterocycles. The highest BCUT2D eigenvalue weighted by Gasteiger charge is 2.40. The van der Waals surface area contributed by atoms with E-state index in [0.717, 1.165) is 19.2 Å². The van der Waals surface area contributed by atoms with E-state index in [0.29, 0.717) is 26.2 Å². The van der Waals surface area contributed by atoms with Gasteiger partial charge in [-0.25, -0.2) is 4.79 Å².